The van der Waals surface area contributed by atoms with E-state index in [4.69, 9.17) is 9.47 Å². The van der Waals surface area contributed by atoms with Gasteiger partial charge in [-0.15, -0.1) is 5.10 Å². The molecule has 0 saturated heterocycles. The van der Waals surface area contributed by atoms with Crippen molar-refractivity contribution in [3.05, 3.63) is 10.2 Å². The Morgan fingerprint density at radius 3 is 2.88 bits per heavy atom. The lowest BCUT2D eigenvalue weighted by Gasteiger charge is -2.10. The molecule has 2 rings (SSSR count). The zero-order chi connectivity index (χ0) is 12.3. The molecule has 0 amide bonds. The number of carbonyl (C=O) groups is 1. The van der Waals surface area contributed by atoms with Gasteiger partial charge in [0.15, 0.2) is 5.69 Å². The van der Waals surface area contributed by atoms with Crippen molar-refractivity contribution in [2.24, 2.45) is 0 Å². The second-order valence-electron chi connectivity index (χ2n) is 3.96. The number of halogens is 1. The van der Waals surface area contributed by atoms with Crippen LogP contribution in [-0.4, -0.2) is 28.9 Å². The van der Waals surface area contributed by atoms with Crippen molar-refractivity contribution in [3.8, 4) is 5.88 Å². The van der Waals surface area contributed by atoms with Crippen LogP contribution in [-0.2, 0) is 4.74 Å². The summed E-state index contributed by atoms with van der Waals surface area (Å²) in [6.07, 6.45) is 4.70. The second-order valence-corrected chi connectivity index (χ2v) is 4.76. The molecule has 5 nitrogen and oxygen atoms in total. The Bertz CT molecular complexity index is 399. The minimum absolute atomic E-state index is 0.213. The number of nitrogens with zero attached hydrogens (tertiary/aromatic N) is 1. The van der Waals surface area contributed by atoms with Gasteiger partial charge < -0.3 is 9.47 Å². The molecule has 1 heterocycles. The van der Waals surface area contributed by atoms with Gasteiger partial charge in [0, 0.05) is 0 Å². The van der Waals surface area contributed by atoms with Gasteiger partial charge in [0.05, 0.1) is 6.61 Å². The third-order valence-corrected chi connectivity index (χ3v) is 3.47. The van der Waals surface area contributed by atoms with E-state index in [0.29, 0.717) is 22.7 Å². The normalized spacial score (nSPS) is 16.1. The van der Waals surface area contributed by atoms with E-state index in [0.717, 1.165) is 12.8 Å². The molecule has 0 atom stereocenters. The minimum atomic E-state index is -0.423. The Labute approximate surface area is 108 Å². The predicted octanol–water partition coefficient (Wildman–Crippen LogP) is 2.67. The molecular weight excluding hydrogens is 288 g/mol. The fraction of sp³-hybridized carbons (Fsp3) is 0.636. The fourth-order valence-electron chi connectivity index (χ4n) is 1.89. The number of esters is 1. The van der Waals surface area contributed by atoms with E-state index in [-0.39, 0.29) is 6.10 Å². The molecule has 1 aromatic rings. The van der Waals surface area contributed by atoms with Gasteiger partial charge >= 0.3 is 5.97 Å². The highest BCUT2D eigenvalue weighted by atomic mass is 79.9. The molecule has 1 N–H and O–H groups in total. The summed E-state index contributed by atoms with van der Waals surface area (Å²) < 4.78 is 11.2. The molecule has 0 aliphatic heterocycles. The van der Waals surface area contributed by atoms with Gasteiger partial charge in [0.1, 0.15) is 10.6 Å². The Morgan fingerprint density at radius 1 is 1.53 bits per heavy atom. The van der Waals surface area contributed by atoms with Crippen molar-refractivity contribution in [1.29, 1.82) is 0 Å². The van der Waals surface area contributed by atoms with Crippen LogP contribution in [0, 0.1) is 0 Å². The summed E-state index contributed by atoms with van der Waals surface area (Å²) in [6, 6.07) is 0. The zero-order valence-electron chi connectivity index (χ0n) is 9.66. The summed E-state index contributed by atoms with van der Waals surface area (Å²) in [5.74, 6) is 0.0214. The SMILES string of the molecule is CCOC(=O)c1[nH]nc(OC2CCCC2)c1Br. The number of carbonyl (C=O) groups excluding carboxylic acids is 1. The van der Waals surface area contributed by atoms with Gasteiger partial charge in [-0.1, -0.05) is 0 Å². The number of nitrogens with one attached hydrogen (secondary N) is 1. The molecule has 1 saturated carbocycles. The van der Waals surface area contributed by atoms with E-state index in [9.17, 15) is 4.79 Å². The molecule has 0 spiro atoms. The highest BCUT2D eigenvalue weighted by Gasteiger charge is 2.23. The number of aromatic nitrogens is 2. The number of rotatable bonds is 4. The largest absolute Gasteiger partial charge is 0.472 e. The van der Waals surface area contributed by atoms with Gasteiger partial charge in [0.2, 0.25) is 5.88 Å². The Morgan fingerprint density at radius 2 is 2.24 bits per heavy atom. The summed E-state index contributed by atoms with van der Waals surface area (Å²) in [5.41, 5.74) is 0.305. The molecule has 1 aliphatic carbocycles. The topological polar surface area (TPSA) is 64.2 Å². The molecule has 17 heavy (non-hydrogen) atoms. The number of hydrogen-bond donors (Lipinski definition) is 1. The smallest absolute Gasteiger partial charge is 0.357 e. The fourth-order valence-corrected chi connectivity index (χ4v) is 2.33. The lowest BCUT2D eigenvalue weighted by Crippen LogP contribution is -2.11. The van der Waals surface area contributed by atoms with Crippen LogP contribution in [0.4, 0.5) is 0 Å². The monoisotopic (exact) mass is 302 g/mol. The van der Waals surface area contributed by atoms with Crippen molar-refractivity contribution in [2.75, 3.05) is 6.61 Å². The van der Waals surface area contributed by atoms with Gasteiger partial charge in [-0.2, -0.15) is 0 Å². The summed E-state index contributed by atoms with van der Waals surface area (Å²) in [6.45, 7) is 2.10. The molecule has 0 aromatic carbocycles. The lowest BCUT2D eigenvalue weighted by atomic mass is 10.3. The molecule has 0 bridgehead atoms. The van der Waals surface area contributed by atoms with Crippen molar-refractivity contribution in [2.45, 2.75) is 38.7 Å². The maximum absolute atomic E-state index is 11.5. The van der Waals surface area contributed by atoms with Gasteiger partial charge in [-0.25, -0.2) is 4.79 Å². The first-order chi connectivity index (χ1) is 8.22. The Balaban J connectivity index is 2.06. The molecule has 1 aliphatic rings. The van der Waals surface area contributed by atoms with E-state index >= 15 is 0 Å². The summed E-state index contributed by atoms with van der Waals surface area (Å²) in [4.78, 5) is 11.5. The van der Waals surface area contributed by atoms with E-state index < -0.39 is 5.97 Å². The van der Waals surface area contributed by atoms with Crippen LogP contribution in [0.25, 0.3) is 0 Å². The van der Waals surface area contributed by atoms with Crippen LogP contribution in [0.5, 0.6) is 5.88 Å². The predicted molar refractivity (Wildman–Crippen MR) is 65.1 cm³/mol. The van der Waals surface area contributed by atoms with Crippen molar-refractivity contribution in [1.82, 2.24) is 10.2 Å². The van der Waals surface area contributed by atoms with E-state index in [2.05, 4.69) is 26.1 Å². The first-order valence-electron chi connectivity index (χ1n) is 5.80. The third kappa shape index (κ3) is 2.80. The third-order valence-electron chi connectivity index (χ3n) is 2.74. The lowest BCUT2D eigenvalue weighted by molar-refractivity contribution is 0.0518. The summed E-state index contributed by atoms with van der Waals surface area (Å²) in [7, 11) is 0. The first-order valence-corrected chi connectivity index (χ1v) is 6.59. The van der Waals surface area contributed by atoms with Crippen molar-refractivity contribution < 1.29 is 14.3 Å². The van der Waals surface area contributed by atoms with Crippen LogP contribution in [0.3, 0.4) is 0 Å². The number of H-pyrrole nitrogens is 1. The maximum Gasteiger partial charge on any atom is 0.357 e. The first kappa shape index (κ1) is 12.4. The van der Waals surface area contributed by atoms with Crippen LogP contribution >= 0.6 is 15.9 Å². The summed E-state index contributed by atoms with van der Waals surface area (Å²) >= 11 is 3.31. The second kappa shape index (κ2) is 5.53. The van der Waals surface area contributed by atoms with E-state index in [1.54, 1.807) is 6.92 Å². The average Bonchev–Trinajstić information content (AvgIpc) is 2.91. The van der Waals surface area contributed by atoms with E-state index in [1.165, 1.54) is 12.8 Å². The maximum atomic E-state index is 11.5. The van der Waals surface area contributed by atoms with Crippen LogP contribution in [0.1, 0.15) is 43.1 Å². The average molecular weight is 303 g/mol. The molecular formula is C11H15BrN2O3. The standard InChI is InChI=1S/C11H15BrN2O3/c1-2-16-11(15)9-8(12)10(14-13-9)17-7-5-3-4-6-7/h7H,2-6H2,1H3,(H,13,14). The molecule has 0 radical (unpaired) electrons. The Kier molecular flexibility index (Phi) is 4.04. The van der Waals surface area contributed by atoms with E-state index in [1.807, 2.05) is 0 Å². The molecule has 1 aromatic heterocycles. The Hall–Kier alpha value is -1.04. The van der Waals surface area contributed by atoms with Crippen molar-refractivity contribution in [3.63, 3.8) is 0 Å². The molecule has 6 heteroatoms. The van der Waals surface area contributed by atoms with Crippen LogP contribution in [0.15, 0.2) is 4.47 Å². The number of ether oxygens (including phenoxy) is 2. The highest BCUT2D eigenvalue weighted by molar-refractivity contribution is 9.10. The van der Waals surface area contributed by atoms with Gasteiger partial charge in [-0.3, -0.25) is 5.10 Å². The highest BCUT2D eigenvalue weighted by Crippen LogP contribution is 2.30. The molecule has 94 valence electrons. The summed E-state index contributed by atoms with van der Waals surface area (Å²) in [5, 5.41) is 6.62. The van der Waals surface area contributed by atoms with Crippen molar-refractivity contribution >= 4 is 21.9 Å². The quantitative estimate of drug-likeness (QED) is 0.869. The zero-order valence-corrected chi connectivity index (χ0v) is 11.2. The number of hydrogen-bond acceptors (Lipinski definition) is 4. The number of aromatic amines is 1. The molecule has 1 fully saturated rings. The van der Waals surface area contributed by atoms with Crippen LogP contribution in [0.2, 0.25) is 0 Å². The van der Waals surface area contributed by atoms with Gasteiger partial charge in [-0.05, 0) is 48.5 Å². The van der Waals surface area contributed by atoms with Crippen LogP contribution < -0.4 is 4.74 Å². The molecule has 0 unspecified atom stereocenters. The van der Waals surface area contributed by atoms with Gasteiger partial charge in [0.25, 0.3) is 0 Å². The minimum Gasteiger partial charge on any atom is -0.472 e.